The van der Waals surface area contributed by atoms with Crippen LogP contribution in [0.5, 0.6) is 11.5 Å². The van der Waals surface area contributed by atoms with Crippen molar-refractivity contribution in [3.05, 3.63) is 23.8 Å². The molecule has 0 radical (unpaired) electrons. The van der Waals surface area contributed by atoms with Crippen molar-refractivity contribution in [2.45, 2.75) is 12.5 Å². The van der Waals surface area contributed by atoms with Crippen molar-refractivity contribution in [2.24, 2.45) is 0 Å². The number of benzene rings is 1. The molecule has 3 N–H and O–H groups in total. The highest BCUT2D eigenvalue weighted by Gasteiger charge is 2.37. The molecule has 1 saturated heterocycles. The highest BCUT2D eigenvalue weighted by Crippen LogP contribution is 2.25. The number of amides is 3. The zero-order valence-corrected chi connectivity index (χ0v) is 10.1. The molecule has 19 heavy (non-hydrogen) atoms. The number of rotatable bonds is 2. The third-order valence-electron chi connectivity index (χ3n) is 2.92. The summed E-state index contributed by atoms with van der Waals surface area (Å²) >= 11 is 0. The van der Waals surface area contributed by atoms with Crippen molar-refractivity contribution in [3.63, 3.8) is 0 Å². The first-order valence-corrected chi connectivity index (χ1v) is 5.53. The van der Waals surface area contributed by atoms with E-state index in [4.69, 9.17) is 5.11 Å². The van der Waals surface area contributed by atoms with Gasteiger partial charge in [0.15, 0.2) is 11.5 Å². The van der Waals surface area contributed by atoms with Crippen LogP contribution in [0, 0.1) is 0 Å². The van der Waals surface area contributed by atoms with Crippen LogP contribution in [-0.2, 0) is 9.59 Å². The third kappa shape index (κ3) is 2.35. The third-order valence-corrected chi connectivity index (χ3v) is 2.92. The van der Waals surface area contributed by atoms with E-state index in [9.17, 15) is 19.5 Å². The van der Waals surface area contributed by atoms with Gasteiger partial charge < -0.3 is 15.5 Å². The average Bonchev–Trinajstić information content (AvgIpc) is 2.60. The van der Waals surface area contributed by atoms with E-state index in [2.05, 4.69) is 5.32 Å². The van der Waals surface area contributed by atoms with Crippen LogP contribution in [0.2, 0.25) is 0 Å². The molecule has 1 unspecified atom stereocenters. The first kappa shape index (κ1) is 12.9. The number of hydrogen-bond acceptors (Lipinski definition) is 5. The van der Waals surface area contributed by atoms with Gasteiger partial charge in [-0.3, -0.25) is 19.3 Å². The number of carbonyl (C=O) groups is 3. The van der Waals surface area contributed by atoms with Gasteiger partial charge in [0.2, 0.25) is 5.91 Å². The second-order valence-electron chi connectivity index (χ2n) is 4.22. The van der Waals surface area contributed by atoms with Crippen molar-refractivity contribution in [3.8, 4) is 11.5 Å². The van der Waals surface area contributed by atoms with Crippen molar-refractivity contribution in [1.82, 2.24) is 10.2 Å². The van der Waals surface area contributed by atoms with Gasteiger partial charge >= 0.3 is 0 Å². The minimum atomic E-state index is -0.888. The fourth-order valence-corrected chi connectivity index (χ4v) is 1.77. The maximum absolute atomic E-state index is 11.8. The van der Waals surface area contributed by atoms with Gasteiger partial charge in [-0.15, -0.1) is 0 Å². The zero-order valence-electron chi connectivity index (χ0n) is 10.1. The molecule has 0 saturated carbocycles. The van der Waals surface area contributed by atoms with E-state index in [-0.39, 0.29) is 23.6 Å². The lowest BCUT2D eigenvalue weighted by molar-refractivity contribution is -0.137. The van der Waals surface area contributed by atoms with Gasteiger partial charge in [0, 0.05) is 12.6 Å². The molecule has 7 nitrogen and oxygen atoms in total. The van der Waals surface area contributed by atoms with E-state index in [1.165, 1.54) is 13.1 Å². The summed E-state index contributed by atoms with van der Waals surface area (Å²) in [6.45, 7) is 0. The Morgan fingerprint density at radius 3 is 2.53 bits per heavy atom. The standard InChI is InChI=1S/C12H12N2O5/c1-14-10(17)5-7(12(14)19)13-11(18)6-2-3-8(15)9(16)4-6/h2-4,7,15-16H,5H2,1H3,(H,13,18). The van der Waals surface area contributed by atoms with Gasteiger partial charge in [-0.2, -0.15) is 0 Å². The lowest BCUT2D eigenvalue weighted by atomic mass is 10.1. The summed E-state index contributed by atoms with van der Waals surface area (Å²) in [6, 6.07) is 2.66. The number of likely N-dealkylation sites (N-methyl/N-ethyl adjacent to an activating group) is 1. The van der Waals surface area contributed by atoms with Gasteiger partial charge in [0.05, 0.1) is 6.42 Å². The van der Waals surface area contributed by atoms with Gasteiger partial charge in [0.1, 0.15) is 6.04 Å². The fraction of sp³-hybridized carbons (Fsp3) is 0.250. The second kappa shape index (κ2) is 4.60. The Kier molecular flexibility index (Phi) is 3.12. The Hall–Kier alpha value is -2.57. The number of hydrogen-bond donors (Lipinski definition) is 3. The molecule has 7 heteroatoms. The van der Waals surface area contributed by atoms with Crippen LogP contribution in [0.1, 0.15) is 16.8 Å². The minimum absolute atomic E-state index is 0.0782. The molecule has 1 aromatic rings. The highest BCUT2D eigenvalue weighted by molar-refractivity contribution is 6.08. The summed E-state index contributed by atoms with van der Waals surface area (Å²) in [5.74, 6) is -2.20. The van der Waals surface area contributed by atoms with E-state index in [1.807, 2.05) is 0 Å². The normalized spacial score (nSPS) is 18.8. The molecule has 1 aliphatic rings. The minimum Gasteiger partial charge on any atom is -0.504 e. The molecule has 0 bridgehead atoms. The van der Waals surface area contributed by atoms with Crippen LogP contribution in [0.25, 0.3) is 0 Å². The first-order chi connectivity index (χ1) is 8.90. The molecule has 0 aromatic heterocycles. The Bertz CT molecular complexity index is 569. The van der Waals surface area contributed by atoms with Gasteiger partial charge in [-0.25, -0.2) is 0 Å². The van der Waals surface area contributed by atoms with E-state index >= 15 is 0 Å². The number of aromatic hydroxyl groups is 2. The summed E-state index contributed by atoms with van der Waals surface area (Å²) < 4.78 is 0. The first-order valence-electron chi connectivity index (χ1n) is 5.53. The summed E-state index contributed by atoms with van der Waals surface area (Å²) in [4.78, 5) is 35.7. The molecule has 1 aliphatic heterocycles. The van der Waals surface area contributed by atoms with Crippen molar-refractivity contribution in [2.75, 3.05) is 7.05 Å². The molecule has 0 aliphatic carbocycles. The van der Waals surface area contributed by atoms with Crippen LogP contribution in [0.3, 0.4) is 0 Å². The molecule has 1 aromatic carbocycles. The summed E-state index contributed by atoms with van der Waals surface area (Å²) in [7, 11) is 1.35. The Morgan fingerprint density at radius 1 is 1.32 bits per heavy atom. The van der Waals surface area contributed by atoms with Gasteiger partial charge in [0.25, 0.3) is 11.8 Å². The number of likely N-dealkylation sites (tertiary alicyclic amines) is 1. The van der Waals surface area contributed by atoms with Crippen molar-refractivity contribution in [1.29, 1.82) is 0 Å². The van der Waals surface area contributed by atoms with E-state index in [0.29, 0.717) is 0 Å². The molecule has 1 fully saturated rings. The quantitative estimate of drug-likeness (QED) is 0.497. The van der Waals surface area contributed by atoms with Crippen LogP contribution in [-0.4, -0.2) is 45.9 Å². The van der Waals surface area contributed by atoms with Crippen molar-refractivity contribution >= 4 is 17.7 Å². The molecule has 3 amide bonds. The summed E-state index contributed by atoms with van der Waals surface area (Å²) in [5.41, 5.74) is 0.0881. The largest absolute Gasteiger partial charge is 0.504 e. The van der Waals surface area contributed by atoms with Crippen molar-refractivity contribution < 1.29 is 24.6 Å². The van der Waals surface area contributed by atoms with Crippen LogP contribution >= 0.6 is 0 Å². The monoisotopic (exact) mass is 264 g/mol. The number of imide groups is 1. The fourth-order valence-electron chi connectivity index (χ4n) is 1.77. The SMILES string of the molecule is CN1C(=O)CC(NC(=O)c2ccc(O)c(O)c2)C1=O. The molecule has 100 valence electrons. The van der Waals surface area contributed by atoms with E-state index < -0.39 is 23.6 Å². The van der Waals surface area contributed by atoms with Gasteiger partial charge in [-0.05, 0) is 18.2 Å². The average molecular weight is 264 g/mol. The molecule has 0 spiro atoms. The maximum Gasteiger partial charge on any atom is 0.252 e. The Balaban J connectivity index is 2.11. The zero-order chi connectivity index (χ0) is 14.2. The molecule has 1 atom stereocenters. The number of nitrogens with one attached hydrogen (secondary N) is 1. The summed E-state index contributed by atoms with van der Waals surface area (Å²) in [6.07, 6.45) is -0.0782. The lowest BCUT2D eigenvalue weighted by Gasteiger charge is -2.11. The van der Waals surface area contributed by atoms with Gasteiger partial charge in [-0.1, -0.05) is 0 Å². The Morgan fingerprint density at radius 2 is 2.00 bits per heavy atom. The summed E-state index contributed by atoms with van der Waals surface area (Å²) in [5, 5.41) is 20.8. The number of carbonyl (C=O) groups excluding carboxylic acids is 3. The van der Waals surface area contributed by atoms with Crippen LogP contribution in [0.15, 0.2) is 18.2 Å². The maximum atomic E-state index is 11.8. The highest BCUT2D eigenvalue weighted by atomic mass is 16.3. The Labute approximate surface area is 108 Å². The number of phenolic OH excluding ortho intramolecular Hbond substituents is 2. The molecule has 2 rings (SSSR count). The second-order valence-corrected chi connectivity index (χ2v) is 4.22. The van der Waals surface area contributed by atoms with E-state index in [0.717, 1.165) is 17.0 Å². The topological polar surface area (TPSA) is 107 Å². The molecular weight excluding hydrogens is 252 g/mol. The van der Waals surface area contributed by atoms with Crippen LogP contribution < -0.4 is 5.32 Å². The molecule has 1 heterocycles. The predicted octanol–water partition coefficient (Wildman–Crippen LogP) is -0.415. The predicted molar refractivity (Wildman–Crippen MR) is 63.4 cm³/mol. The van der Waals surface area contributed by atoms with Crippen LogP contribution in [0.4, 0.5) is 0 Å². The molecular formula is C12H12N2O5. The smallest absolute Gasteiger partial charge is 0.252 e. The van der Waals surface area contributed by atoms with E-state index in [1.54, 1.807) is 0 Å². The lowest BCUT2D eigenvalue weighted by Crippen LogP contribution is -2.40. The number of nitrogens with zero attached hydrogens (tertiary/aromatic N) is 1. The number of phenols is 2.